The minimum atomic E-state index is -1.18. The van der Waals surface area contributed by atoms with Crippen LogP contribution in [0, 0.1) is 50.2 Å². The molecule has 0 amide bonds. The third kappa shape index (κ3) is 3.07. The van der Waals surface area contributed by atoms with Crippen molar-refractivity contribution >= 4 is 17.9 Å². The Morgan fingerprint density at radius 1 is 0.784 bits per heavy atom. The van der Waals surface area contributed by atoms with Crippen LogP contribution in [0.2, 0.25) is 0 Å². The number of hydrogen-bond acceptors (Lipinski definition) is 4. The first-order chi connectivity index (χ1) is 17.0. The third-order valence-corrected chi connectivity index (χ3v) is 13.5. The van der Waals surface area contributed by atoms with Crippen molar-refractivity contribution in [3.8, 4) is 0 Å². The summed E-state index contributed by atoms with van der Waals surface area (Å²) in [4.78, 5) is 37.6. The number of aliphatic hydroxyl groups excluding tert-OH is 1. The lowest BCUT2D eigenvalue weighted by Gasteiger charge is -2.70. The molecule has 7 nitrogen and oxygen atoms in total. The molecule has 4 N–H and O–H groups in total. The third-order valence-electron chi connectivity index (χ3n) is 13.5. The summed E-state index contributed by atoms with van der Waals surface area (Å²) in [6.45, 7) is 10.4. The van der Waals surface area contributed by atoms with Crippen molar-refractivity contribution < 1.29 is 34.8 Å². The van der Waals surface area contributed by atoms with Crippen LogP contribution in [0.1, 0.15) is 98.8 Å². The molecule has 4 saturated carbocycles. The van der Waals surface area contributed by atoms with Crippen LogP contribution in [0.4, 0.5) is 0 Å². The monoisotopic (exact) mass is 516 g/mol. The van der Waals surface area contributed by atoms with E-state index in [1.807, 2.05) is 0 Å². The number of fused-ring (bicyclic) bond motifs is 7. The zero-order chi connectivity index (χ0) is 27.4. The van der Waals surface area contributed by atoms with Crippen LogP contribution in [0.3, 0.4) is 0 Å². The van der Waals surface area contributed by atoms with E-state index >= 15 is 0 Å². The Hall–Kier alpha value is -1.89. The van der Waals surface area contributed by atoms with Crippen LogP contribution in [0.25, 0.3) is 0 Å². The van der Waals surface area contributed by atoms with Crippen LogP contribution < -0.4 is 0 Å². The maximum Gasteiger partial charge on any atom is 0.312 e. The van der Waals surface area contributed by atoms with Gasteiger partial charge in [0.1, 0.15) is 0 Å². The van der Waals surface area contributed by atoms with Gasteiger partial charge in [-0.25, -0.2) is 0 Å². The molecule has 206 valence electrons. The van der Waals surface area contributed by atoms with E-state index in [4.69, 9.17) is 0 Å². The Morgan fingerprint density at radius 3 is 2.03 bits per heavy atom. The summed E-state index contributed by atoms with van der Waals surface area (Å²) in [7, 11) is 0. The Kier molecular flexibility index (Phi) is 5.65. The summed E-state index contributed by atoms with van der Waals surface area (Å²) >= 11 is 0. The molecular weight excluding hydrogens is 472 g/mol. The lowest BCUT2D eigenvalue weighted by atomic mass is 9.33. The second-order valence-corrected chi connectivity index (χ2v) is 14.5. The molecule has 5 rings (SSSR count). The molecule has 0 aromatic carbocycles. The van der Waals surface area contributed by atoms with Crippen LogP contribution >= 0.6 is 0 Å². The molecule has 10 atom stereocenters. The lowest BCUT2D eigenvalue weighted by molar-refractivity contribution is -0.217. The second-order valence-electron chi connectivity index (χ2n) is 14.5. The van der Waals surface area contributed by atoms with Gasteiger partial charge >= 0.3 is 17.9 Å². The van der Waals surface area contributed by atoms with Crippen LogP contribution in [-0.2, 0) is 14.4 Å². The van der Waals surface area contributed by atoms with Gasteiger partial charge in [0, 0.05) is 0 Å². The first kappa shape index (κ1) is 26.7. The quantitative estimate of drug-likeness (QED) is 0.371. The largest absolute Gasteiger partial charge is 0.481 e. The van der Waals surface area contributed by atoms with Crippen molar-refractivity contribution in [1.82, 2.24) is 0 Å². The highest BCUT2D eigenvalue weighted by molar-refractivity contribution is 5.79. The number of allylic oxidation sites excluding steroid dienone is 2. The zero-order valence-electron chi connectivity index (χ0n) is 23.0. The minimum Gasteiger partial charge on any atom is -0.481 e. The average Bonchev–Trinajstić information content (AvgIpc) is 2.82. The van der Waals surface area contributed by atoms with Gasteiger partial charge in [0.15, 0.2) is 0 Å². The fourth-order valence-corrected chi connectivity index (χ4v) is 10.6. The van der Waals surface area contributed by atoms with E-state index < -0.39 is 40.3 Å². The summed E-state index contributed by atoms with van der Waals surface area (Å²) in [6, 6.07) is 0. The van der Waals surface area contributed by atoms with Gasteiger partial charge in [-0.1, -0.05) is 32.4 Å². The van der Waals surface area contributed by atoms with Crippen molar-refractivity contribution in [1.29, 1.82) is 0 Å². The van der Waals surface area contributed by atoms with Crippen molar-refractivity contribution in [2.24, 2.45) is 50.2 Å². The van der Waals surface area contributed by atoms with E-state index in [0.717, 1.165) is 31.3 Å². The number of carboxylic acid groups (broad SMARTS) is 3. The normalized spacial score (nSPS) is 53.0. The second kappa shape index (κ2) is 7.83. The molecule has 0 spiro atoms. The average molecular weight is 517 g/mol. The van der Waals surface area contributed by atoms with Gasteiger partial charge in [0.2, 0.25) is 0 Å². The molecule has 7 heteroatoms. The zero-order valence-corrected chi connectivity index (χ0v) is 23.0. The van der Waals surface area contributed by atoms with Gasteiger partial charge in [-0.15, -0.1) is 0 Å². The molecule has 0 radical (unpaired) electrons. The molecule has 0 aliphatic heterocycles. The van der Waals surface area contributed by atoms with Crippen molar-refractivity contribution in [3.63, 3.8) is 0 Å². The summed E-state index contributed by atoms with van der Waals surface area (Å²) < 4.78 is 0. The number of aliphatic carboxylic acids is 3. The maximum absolute atomic E-state index is 12.8. The first-order valence-corrected chi connectivity index (χ1v) is 14.1. The van der Waals surface area contributed by atoms with E-state index in [1.165, 1.54) is 0 Å². The Balaban J connectivity index is 1.61. The first-order valence-electron chi connectivity index (χ1n) is 14.1. The van der Waals surface area contributed by atoms with E-state index in [2.05, 4.69) is 26.8 Å². The molecule has 0 saturated heterocycles. The molecule has 5 aliphatic rings. The standard InChI is InChI=1S/C30H44O7/c1-25(22(32)33)12-14-30(24(36)37)15-13-27(3)17(18(30)16-25)6-7-19-26(2)10-9-21(31)29(5,23(34)35)20(26)8-11-28(19,27)4/h6,18-21,31H,7-16H2,1-5H3,(H,32,33)(H,34,35)(H,36,37)/t18-,19+,20+,21+,25+,26+,27+,28+,29-,30-/m0/s1. The molecule has 0 bridgehead atoms. The number of aliphatic hydroxyl groups is 1. The Bertz CT molecular complexity index is 1080. The predicted molar refractivity (Wildman–Crippen MR) is 137 cm³/mol. The minimum absolute atomic E-state index is 0.135. The van der Waals surface area contributed by atoms with E-state index in [0.29, 0.717) is 38.5 Å². The highest BCUT2D eigenvalue weighted by Gasteiger charge is 2.71. The molecular formula is C30H44O7. The van der Waals surface area contributed by atoms with Crippen molar-refractivity contribution in [2.45, 2.75) is 105 Å². The molecule has 0 unspecified atom stereocenters. The van der Waals surface area contributed by atoms with Gasteiger partial charge in [-0.3, -0.25) is 14.4 Å². The maximum atomic E-state index is 12.8. The molecule has 0 aromatic rings. The predicted octanol–water partition coefficient (Wildman–Crippen LogP) is 5.36. The number of hydrogen-bond donors (Lipinski definition) is 4. The topological polar surface area (TPSA) is 132 Å². The van der Waals surface area contributed by atoms with E-state index in [1.54, 1.807) is 13.8 Å². The molecule has 5 aliphatic carbocycles. The van der Waals surface area contributed by atoms with Crippen LogP contribution in [0.15, 0.2) is 11.6 Å². The number of rotatable bonds is 3. The van der Waals surface area contributed by atoms with Gasteiger partial charge in [-0.05, 0) is 112 Å². The Labute approximate surface area is 219 Å². The molecule has 4 fully saturated rings. The SMILES string of the molecule is C[C@@]1(C(=O)O)CC[C@]2(C(=O)O)CC[C@]3(C)C(=CC[C@@H]4[C@@]5(C)CC[C@@H](O)[C@@](C)(C(=O)O)[C@@H]5CC[C@]43C)[C@@H]2C1. The van der Waals surface area contributed by atoms with Crippen molar-refractivity contribution in [2.75, 3.05) is 0 Å². The molecule has 37 heavy (non-hydrogen) atoms. The number of carboxylic acids is 3. The van der Waals surface area contributed by atoms with Crippen LogP contribution in [0.5, 0.6) is 0 Å². The van der Waals surface area contributed by atoms with Crippen LogP contribution in [-0.4, -0.2) is 44.4 Å². The van der Waals surface area contributed by atoms with Gasteiger partial charge in [0.25, 0.3) is 0 Å². The summed E-state index contributed by atoms with van der Waals surface area (Å²) in [5.41, 5.74) is -2.59. The highest BCUT2D eigenvalue weighted by Crippen LogP contribution is 2.75. The van der Waals surface area contributed by atoms with Gasteiger partial charge < -0.3 is 20.4 Å². The van der Waals surface area contributed by atoms with Crippen molar-refractivity contribution in [3.05, 3.63) is 11.6 Å². The smallest absolute Gasteiger partial charge is 0.312 e. The fraction of sp³-hybridized carbons (Fsp3) is 0.833. The van der Waals surface area contributed by atoms with E-state index in [9.17, 15) is 34.8 Å². The summed E-state index contributed by atoms with van der Waals surface area (Å²) in [5, 5.41) is 41.6. The summed E-state index contributed by atoms with van der Waals surface area (Å²) in [5.74, 6) is -2.79. The Morgan fingerprint density at radius 2 is 1.43 bits per heavy atom. The molecule has 0 heterocycles. The fourth-order valence-electron chi connectivity index (χ4n) is 10.6. The molecule has 0 aromatic heterocycles. The number of carbonyl (C=O) groups is 3. The van der Waals surface area contributed by atoms with Gasteiger partial charge in [0.05, 0.1) is 22.3 Å². The van der Waals surface area contributed by atoms with E-state index in [-0.39, 0.29) is 34.0 Å². The van der Waals surface area contributed by atoms with Gasteiger partial charge in [-0.2, -0.15) is 0 Å². The summed E-state index contributed by atoms with van der Waals surface area (Å²) in [6.07, 6.45) is 7.33. The highest BCUT2D eigenvalue weighted by atomic mass is 16.4. The lowest BCUT2D eigenvalue weighted by Crippen LogP contribution is -2.66.